The van der Waals surface area contributed by atoms with Crippen molar-refractivity contribution < 1.29 is 34.5 Å². The normalized spacial score (nSPS) is 27.2. The van der Waals surface area contributed by atoms with Crippen LogP contribution in [0.2, 0.25) is 0 Å². The Kier molecular flexibility index (Phi) is 16.0. The summed E-state index contributed by atoms with van der Waals surface area (Å²) in [7, 11) is 4.74. The highest BCUT2D eigenvalue weighted by Gasteiger charge is 2.45. The van der Waals surface area contributed by atoms with Crippen molar-refractivity contribution >= 4 is 34.4 Å². The predicted molar refractivity (Wildman–Crippen MR) is 237 cm³/mol. The minimum absolute atomic E-state index is 0.114. The van der Waals surface area contributed by atoms with Gasteiger partial charge in [-0.15, -0.1) is 0 Å². The molecule has 62 heavy (non-hydrogen) atoms. The summed E-state index contributed by atoms with van der Waals surface area (Å²) in [5.74, 6) is -2.02. The summed E-state index contributed by atoms with van der Waals surface area (Å²) < 4.78 is 0. The van der Waals surface area contributed by atoms with Crippen molar-refractivity contribution in [2.75, 3.05) is 34.2 Å². The molecule has 15 heteroatoms. The molecule has 8 N–H and O–H groups in total. The molecule has 0 radical (unpaired) electrons. The average Bonchev–Trinajstić information content (AvgIpc) is 3.94. The van der Waals surface area contributed by atoms with Gasteiger partial charge in [-0.05, 0) is 88.3 Å². The lowest BCUT2D eigenvalue weighted by Gasteiger charge is -2.42. The number of hydrogen-bond donors (Lipinski definition) is 7. The number of aromatic nitrogens is 1. The fourth-order valence-corrected chi connectivity index (χ4v) is 8.94. The molecule has 1 aromatic heterocycles. The zero-order valence-electron chi connectivity index (χ0n) is 36.3. The number of rotatable bonds is 11. The van der Waals surface area contributed by atoms with Crippen molar-refractivity contribution in [3.8, 4) is 0 Å². The van der Waals surface area contributed by atoms with E-state index >= 15 is 0 Å². The van der Waals surface area contributed by atoms with E-state index in [1.54, 1.807) is 23.9 Å². The van der Waals surface area contributed by atoms with E-state index in [2.05, 4.69) is 15.6 Å². The largest absolute Gasteiger partial charge is 0.391 e. The lowest BCUT2D eigenvalue weighted by atomic mass is 9.95. The number of carbonyl (C=O) groups excluding carboxylic acids is 4. The first-order chi connectivity index (χ1) is 29.8. The van der Waals surface area contributed by atoms with Gasteiger partial charge < -0.3 is 41.2 Å². The monoisotopic (exact) mass is 852 g/mol. The van der Waals surface area contributed by atoms with Gasteiger partial charge in [0.15, 0.2) is 12.1 Å². The highest BCUT2D eigenvalue weighted by atomic mass is 16.3. The van der Waals surface area contributed by atoms with Crippen LogP contribution < -0.4 is 16.4 Å². The number of likely N-dealkylation sites (N-methyl/N-ethyl adjacent to an activating group) is 3. The third kappa shape index (κ3) is 11.0. The number of fused-ring (bicyclic) bond motifs is 2. The number of para-hydroxylation sites is 1. The first-order valence-electron chi connectivity index (χ1n) is 21.8. The molecule has 15 nitrogen and oxygen atoms in total. The smallest absolute Gasteiger partial charge is 0.248 e. The van der Waals surface area contributed by atoms with Gasteiger partial charge in [0.05, 0.1) is 30.3 Å². The summed E-state index contributed by atoms with van der Waals surface area (Å²) >= 11 is 0. The van der Waals surface area contributed by atoms with E-state index in [1.165, 1.54) is 23.8 Å². The second kappa shape index (κ2) is 21.4. The van der Waals surface area contributed by atoms with Crippen LogP contribution in [0.15, 0.2) is 91.0 Å². The standard InChI is InChI=1S/C47H64N8O7/c1-30(56)41-46(61)53(3)39(27-32-18-9-6-10-19-32)45(60)55-25-15-23-37(55)42(57)36(26-31-16-7-5-8-17-31)50-47(62)54(4)40(29-34-28-33-20-11-12-21-35(33)49-34)44(59)52(2)38(43(58)51-41)22-13-14-24-48/h5-12,16-21,28,30,36-41,44,47,49-50,56,59,62H,13-15,22-27,29,48H2,1-4H3,(H,51,58)/t30-,36-,37+,38?,39+,40-,41+,44?,47?/m1/s1. The number of benzene rings is 3. The number of aliphatic hydroxyl groups excluding tert-OH is 3. The molecule has 2 saturated heterocycles. The molecule has 0 spiro atoms. The number of hydrogen-bond acceptors (Lipinski definition) is 11. The van der Waals surface area contributed by atoms with E-state index in [0.29, 0.717) is 32.2 Å². The van der Waals surface area contributed by atoms with Gasteiger partial charge in [0, 0.05) is 37.6 Å². The fourth-order valence-electron chi connectivity index (χ4n) is 8.94. The molecule has 2 aliphatic rings. The predicted octanol–water partition coefficient (Wildman–Crippen LogP) is 1.74. The number of H-pyrrole nitrogens is 1. The number of nitrogens with zero attached hydrogens (tertiary/aromatic N) is 4. The summed E-state index contributed by atoms with van der Waals surface area (Å²) in [6.45, 7) is 2.05. The molecule has 6 rings (SSSR count). The van der Waals surface area contributed by atoms with Gasteiger partial charge in [0.2, 0.25) is 17.7 Å². The number of carbonyl (C=O) groups is 4. The van der Waals surface area contributed by atoms with Crippen molar-refractivity contribution in [2.24, 2.45) is 5.73 Å². The van der Waals surface area contributed by atoms with Crippen LogP contribution in [0.4, 0.5) is 0 Å². The lowest BCUT2D eigenvalue weighted by Crippen LogP contribution is -2.65. The molecule has 9 atom stereocenters. The first-order valence-corrected chi connectivity index (χ1v) is 21.8. The highest BCUT2D eigenvalue weighted by Crippen LogP contribution is 2.26. The van der Waals surface area contributed by atoms with Gasteiger partial charge in [0.1, 0.15) is 18.3 Å². The molecule has 0 saturated carbocycles. The molecule has 334 valence electrons. The van der Waals surface area contributed by atoms with Crippen molar-refractivity contribution in [1.29, 1.82) is 0 Å². The maximum atomic E-state index is 14.9. The number of nitrogens with one attached hydrogen (secondary N) is 3. The first kappa shape index (κ1) is 46.5. The Morgan fingerprint density at radius 2 is 1.44 bits per heavy atom. The van der Waals surface area contributed by atoms with Crippen molar-refractivity contribution in [3.63, 3.8) is 0 Å². The summed E-state index contributed by atoms with van der Waals surface area (Å²) in [5, 5.41) is 42.7. The van der Waals surface area contributed by atoms with Crippen LogP contribution in [-0.2, 0) is 38.4 Å². The number of unbranched alkanes of at least 4 members (excludes halogenated alkanes) is 1. The van der Waals surface area contributed by atoms with Crippen molar-refractivity contribution in [3.05, 3.63) is 108 Å². The Hall–Kier alpha value is -5.00. The van der Waals surface area contributed by atoms with E-state index in [-0.39, 0.29) is 38.0 Å². The SMILES string of the molecule is C[C@@H](O)[C@@H]1NC(=O)C(CCCCN)N(C)C(O)[C@@H](Cc2cc3ccccc3[nH]2)N(C)C(O)N[C@H](Cc2ccccc2)C(=O)[C@@H]2CCCN2C(=O)[C@H](Cc2ccccc2)N(C)C1=O. The zero-order chi connectivity index (χ0) is 44.5. The van der Waals surface area contributed by atoms with Gasteiger partial charge in [-0.1, -0.05) is 85.3 Å². The molecule has 3 unspecified atom stereocenters. The summed E-state index contributed by atoms with van der Waals surface area (Å²) in [6.07, 6.45) is -1.46. The summed E-state index contributed by atoms with van der Waals surface area (Å²) in [5.41, 5.74) is 9.13. The van der Waals surface area contributed by atoms with E-state index in [9.17, 15) is 34.5 Å². The molecule has 2 fully saturated rings. The van der Waals surface area contributed by atoms with Crippen LogP contribution in [0.25, 0.3) is 10.9 Å². The number of aliphatic hydroxyl groups is 3. The van der Waals surface area contributed by atoms with Crippen LogP contribution in [0, 0.1) is 0 Å². The molecule has 0 aliphatic carbocycles. The van der Waals surface area contributed by atoms with Crippen LogP contribution in [-0.4, -0.2) is 153 Å². The average molecular weight is 853 g/mol. The third-order valence-electron chi connectivity index (χ3n) is 12.7. The topological polar surface area (TPSA) is 208 Å². The van der Waals surface area contributed by atoms with Gasteiger partial charge in [-0.3, -0.25) is 34.3 Å². The molecule has 3 amide bonds. The second-order valence-electron chi connectivity index (χ2n) is 17.0. The molecule has 0 bridgehead atoms. The fraction of sp³-hybridized carbons (Fsp3) is 0.489. The minimum atomic E-state index is -1.48. The van der Waals surface area contributed by atoms with Gasteiger partial charge >= 0.3 is 0 Å². The van der Waals surface area contributed by atoms with E-state index in [0.717, 1.165) is 27.7 Å². The van der Waals surface area contributed by atoms with E-state index in [1.807, 2.05) is 91.0 Å². The van der Waals surface area contributed by atoms with E-state index < -0.39 is 72.7 Å². The van der Waals surface area contributed by atoms with E-state index in [4.69, 9.17) is 5.73 Å². The third-order valence-corrected chi connectivity index (χ3v) is 12.7. The lowest BCUT2D eigenvalue weighted by molar-refractivity contribution is -0.152. The molecule has 4 aromatic rings. The molecular formula is C47H64N8O7. The maximum Gasteiger partial charge on any atom is 0.248 e. The minimum Gasteiger partial charge on any atom is -0.391 e. The Balaban J connectivity index is 1.45. The quantitative estimate of drug-likeness (QED) is 0.108. The van der Waals surface area contributed by atoms with Crippen LogP contribution in [0.1, 0.15) is 55.8 Å². The van der Waals surface area contributed by atoms with Crippen molar-refractivity contribution in [2.45, 2.75) is 113 Å². The Morgan fingerprint density at radius 3 is 2.08 bits per heavy atom. The Morgan fingerprint density at radius 1 is 0.790 bits per heavy atom. The van der Waals surface area contributed by atoms with Gasteiger partial charge in [-0.25, -0.2) is 0 Å². The van der Waals surface area contributed by atoms with Gasteiger partial charge in [0.25, 0.3) is 0 Å². The number of nitrogens with two attached hydrogens (primary N) is 1. The number of Topliss-reactive ketones (excluding diaryl/α,β-unsaturated/α-hetero) is 1. The zero-order valence-corrected chi connectivity index (χ0v) is 36.3. The molecular weight excluding hydrogens is 789 g/mol. The maximum absolute atomic E-state index is 14.9. The Bertz CT molecular complexity index is 2070. The highest BCUT2D eigenvalue weighted by molar-refractivity contribution is 5.97. The van der Waals surface area contributed by atoms with Crippen LogP contribution in [0.3, 0.4) is 0 Å². The second-order valence-corrected chi connectivity index (χ2v) is 17.0. The van der Waals surface area contributed by atoms with Crippen LogP contribution >= 0.6 is 0 Å². The molecule has 2 aliphatic heterocycles. The van der Waals surface area contributed by atoms with Crippen molar-refractivity contribution in [1.82, 2.24) is 35.2 Å². The number of amides is 3. The molecule has 3 aromatic carbocycles. The molecule has 3 heterocycles. The summed E-state index contributed by atoms with van der Waals surface area (Å²) in [6, 6.07) is 22.1. The van der Waals surface area contributed by atoms with Crippen LogP contribution in [0.5, 0.6) is 0 Å². The summed E-state index contributed by atoms with van der Waals surface area (Å²) in [4.78, 5) is 68.3. The van der Waals surface area contributed by atoms with Gasteiger partial charge in [-0.2, -0.15) is 0 Å². The number of ketones is 1. The Labute approximate surface area is 364 Å². The number of aromatic amines is 1.